The Kier molecular flexibility index (Phi) is 25.4. The van der Waals surface area contributed by atoms with E-state index < -0.39 is 152 Å². The number of cyclic esters (lactones) is 1. The molecule has 19 nitrogen and oxygen atoms in total. The van der Waals surface area contributed by atoms with Crippen LogP contribution in [0.25, 0.3) is 0 Å². The fraction of sp³-hybridized carbons (Fsp3) is 0.686. The molecule has 398 valence electrons. The Hall–Kier alpha value is -3.48. The van der Waals surface area contributed by atoms with Crippen LogP contribution in [0.3, 0.4) is 0 Å². The summed E-state index contributed by atoms with van der Waals surface area (Å²) in [6.45, 7) is 9.50. The highest BCUT2D eigenvalue weighted by molar-refractivity contribution is 5.80. The van der Waals surface area contributed by atoms with E-state index >= 15 is 0 Å². The molecule has 0 aliphatic carbocycles. The zero-order chi connectivity index (χ0) is 52.3. The standard InChI is InChI=1S/C51H82N2O17/c1-30-19-17-15-13-11-9-7-8-10-12-14-16-18-20-37(69-49-47(63)44(52)46(62)33(4)68-49)26-41-43(48(64)53-29-50(5,6)65)40(59)28-51(66,70-41)27-36(56)24-39(58)38(57)22-21-34(54)23-35(55)25-42(60)67-32(3)31(2)45(30)61/h7-20,30-41,43-47,49,54-59,61-63,65-66H,21-29,52H2,1-6H3,(H,53,64)/b8-7+,11-9+,12-10+,15-13+,16-14+,19-17+,20-18+/t30-,31-,32-,33+,34+,35+,36-,37-,38+,39+,40-,41-,43?,44-,45+,46+,47-,49-,51+/m0/s1. The lowest BCUT2D eigenvalue weighted by Gasteiger charge is -2.46. The van der Waals surface area contributed by atoms with Gasteiger partial charge in [0, 0.05) is 44.1 Å². The number of aliphatic hydroxyl groups excluding tert-OH is 9. The first-order chi connectivity index (χ1) is 32.8. The summed E-state index contributed by atoms with van der Waals surface area (Å²) in [5.74, 6) is -5.88. The average molecular weight is 995 g/mol. The first-order valence-electron chi connectivity index (χ1n) is 24.3. The lowest BCUT2D eigenvalue weighted by atomic mass is 9.82. The Morgan fingerprint density at radius 3 is 1.87 bits per heavy atom. The third kappa shape index (κ3) is 20.9. The van der Waals surface area contributed by atoms with Gasteiger partial charge in [-0.1, -0.05) is 98.9 Å². The fourth-order valence-corrected chi connectivity index (χ4v) is 8.41. The number of hydrogen-bond acceptors (Lipinski definition) is 18. The smallest absolute Gasteiger partial charge is 0.308 e. The number of allylic oxidation sites excluding steroid dienone is 12. The van der Waals surface area contributed by atoms with E-state index in [1.807, 2.05) is 37.3 Å². The molecule has 0 aromatic carbocycles. The van der Waals surface area contributed by atoms with Crippen LogP contribution < -0.4 is 11.1 Å². The third-order valence-corrected chi connectivity index (χ3v) is 12.7. The fourth-order valence-electron chi connectivity index (χ4n) is 8.41. The van der Waals surface area contributed by atoms with Crippen LogP contribution in [0.1, 0.15) is 92.9 Å². The summed E-state index contributed by atoms with van der Waals surface area (Å²) in [6.07, 6.45) is 4.01. The van der Waals surface area contributed by atoms with Crippen molar-refractivity contribution in [2.45, 2.75) is 196 Å². The molecule has 3 aliphatic heterocycles. The van der Waals surface area contributed by atoms with Crippen LogP contribution in [0.15, 0.2) is 85.1 Å². The number of esters is 1. The van der Waals surface area contributed by atoms with Gasteiger partial charge in [0.1, 0.15) is 12.2 Å². The van der Waals surface area contributed by atoms with Crippen LogP contribution >= 0.6 is 0 Å². The summed E-state index contributed by atoms with van der Waals surface area (Å²) < 4.78 is 23.6. The van der Waals surface area contributed by atoms with E-state index in [1.54, 1.807) is 75.5 Å². The summed E-state index contributed by atoms with van der Waals surface area (Å²) in [4.78, 5) is 26.4. The van der Waals surface area contributed by atoms with Gasteiger partial charge in [-0.25, -0.2) is 0 Å². The number of fused-ring (bicyclic) bond motifs is 2. The topological polar surface area (TPSA) is 332 Å². The highest BCUT2D eigenvalue weighted by atomic mass is 16.7. The van der Waals surface area contributed by atoms with Gasteiger partial charge in [0.2, 0.25) is 5.91 Å². The second-order valence-corrected chi connectivity index (χ2v) is 19.8. The highest BCUT2D eigenvalue weighted by Crippen LogP contribution is 2.38. The van der Waals surface area contributed by atoms with Crippen LogP contribution in [0, 0.1) is 17.8 Å². The van der Waals surface area contributed by atoms with E-state index in [1.165, 1.54) is 13.8 Å². The van der Waals surface area contributed by atoms with Crippen molar-refractivity contribution in [1.82, 2.24) is 5.32 Å². The lowest BCUT2D eigenvalue weighted by molar-refractivity contribution is -0.307. The number of aliphatic hydroxyl groups is 11. The van der Waals surface area contributed by atoms with Gasteiger partial charge < -0.3 is 86.2 Å². The van der Waals surface area contributed by atoms with Crippen LogP contribution in [0.4, 0.5) is 0 Å². The Balaban J connectivity index is 1.94. The Labute approximate surface area is 412 Å². The van der Waals surface area contributed by atoms with E-state index in [4.69, 9.17) is 24.7 Å². The minimum atomic E-state index is -2.31. The SMILES string of the molecule is C[C@@H]1[C@H](O)[C@@H](C)/C=C/C=C/C=C/C=C/C=C/C=C/C=C/[C@H](O[C@@H]2O[C@H](C)[C@@H](O)[C@H](N)[C@@H]2O)C[C@@H]2O[C@](O)(C[C@@H](O)C[C@@H](O)[C@H](O)CC[C@@H](O)C[C@@H](O)CC(=O)O[C@H]1C)C[C@H](O)C2C(=O)NCC(C)(C)O. The van der Waals surface area contributed by atoms with Gasteiger partial charge in [-0.15, -0.1) is 0 Å². The summed E-state index contributed by atoms with van der Waals surface area (Å²) in [6, 6.07) is -1.15. The number of rotatable bonds is 5. The molecule has 0 saturated carbocycles. The second kappa shape index (κ2) is 29.3. The Bertz CT molecular complexity index is 1800. The van der Waals surface area contributed by atoms with Crippen molar-refractivity contribution in [3.8, 4) is 0 Å². The molecule has 14 N–H and O–H groups in total. The van der Waals surface area contributed by atoms with Crippen molar-refractivity contribution in [3.63, 3.8) is 0 Å². The van der Waals surface area contributed by atoms with E-state index in [2.05, 4.69) is 5.32 Å². The molecule has 0 aromatic heterocycles. The lowest BCUT2D eigenvalue weighted by Crippen LogP contribution is -2.62. The second-order valence-electron chi connectivity index (χ2n) is 19.8. The number of ether oxygens (including phenoxy) is 4. The van der Waals surface area contributed by atoms with E-state index in [0.29, 0.717) is 0 Å². The molecule has 2 saturated heterocycles. The number of carbonyl (C=O) groups excluding carboxylic acids is 2. The van der Waals surface area contributed by atoms with Crippen molar-refractivity contribution in [2.75, 3.05) is 6.54 Å². The zero-order valence-corrected chi connectivity index (χ0v) is 41.3. The van der Waals surface area contributed by atoms with Crippen molar-refractivity contribution < 1.29 is 84.7 Å². The minimum Gasteiger partial charge on any atom is -0.462 e. The monoisotopic (exact) mass is 995 g/mol. The van der Waals surface area contributed by atoms with Crippen molar-refractivity contribution in [1.29, 1.82) is 0 Å². The number of amides is 1. The van der Waals surface area contributed by atoms with Crippen molar-refractivity contribution in [2.24, 2.45) is 23.5 Å². The van der Waals surface area contributed by atoms with E-state index in [9.17, 15) is 65.8 Å². The van der Waals surface area contributed by atoms with E-state index in [-0.39, 0.29) is 38.1 Å². The summed E-state index contributed by atoms with van der Waals surface area (Å²) >= 11 is 0. The van der Waals surface area contributed by atoms with Crippen LogP contribution in [0.5, 0.6) is 0 Å². The van der Waals surface area contributed by atoms with Gasteiger partial charge in [0.25, 0.3) is 0 Å². The molecule has 0 aromatic rings. The van der Waals surface area contributed by atoms with Crippen molar-refractivity contribution in [3.05, 3.63) is 85.1 Å². The van der Waals surface area contributed by atoms with Crippen molar-refractivity contribution >= 4 is 11.9 Å². The summed E-state index contributed by atoms with van der Waals surface area (Å²) in [5.41, 5.74) is 4.75. The predicted octanol–water partition coefficient (Wildman–Crippen LogP) is 0.514. The average Bonchev–Trinajstić information content (AvgIpc) is 3.26. The summed E-state index contributed by atoms with van der Waals surface area (Å²) in [5, 5.41) is 123. The molecule has 0 radical (unpaired) electrons. The molecule has 1 amide bonds. The molecule has 2 fully saturated rings. The summed E-state index contributed by atoms with van der Waals surface area (Å²) in [7, 11) is 0. The van der Waals surface area contributed by atoms with Gasteiger partial charge >= 0.3 is 5.97 Å². The third-order valence-electron chi connectivity index (χ3n) is 12.7. The van der Waals surface area contributed by atoms with Gasteiger partial charge in [-0.3, -0.25) is 9.59 Å². The van der Waals surface area contributed by atoms with Crippen LogP contribution in [0.2, 0.25) is 0 Å². The first kappa shape index (κ1) is 60.8. The molecular weight excluding hydrogens is 913 g/mol. The molecule has 70 heavy (non-hydrogen) atoms. The number of carbonyl (C=O) groups is 2. The maximum Gasteiger partial charge on any atom is 0.308 e. The number of hydrogen-bond donors (Lipinski definition) is 13. The molecule has 3 rings (SSSR count). The zero-order valence-electron chi connectivity index (χ0n) is 41.3. The van der Waals surface area contributed by atoms with Crippen LogP contribution in [-0.2, 0) is 28.5 Å². The quantitative estimate of drug-likeness (QED) is 0.167. The normalized spacial score (nSPS) is 43.3. The molecular formula is C51H82N2O17. The maximum atomic E-state index is 13.7. The Morgan fingerprint density at radius 1 is 0.714 bits per heavy atom. The molecule has 0 spiro atoms. The van der Waals surface area contributed by atoms with E-state index in [0.717, 1.165) is 0 Å². The highest BCUT2D eigenvalue weighted by Gasteiger charge is 2.51. The predicted molar refractivity (Wildman–Crippen MR) is 259 cm³/mol. The van der Waals surface area contributed by atoms with Gasteiger partial charge in [0.05, 0.1) is 91.1 Å². The molecule has 1 unspecified atom stereocenters. The molecule has 3 aliphatic rings. The molecule has 19 atom stereocenters. The van der Waals surface area contributed by atoms with Gasteiger partial charge in [-0.05, 0) is 47.0 Å². The Morgan fingerprint density at radius 2 is 1.29 bits per heavy atom. The molecule has 3 heterocycles. The maximum absolute atomic E-state index is 13.7. The largest absolute Gasteiger partial charge is 0.462 e. The number of nitrogens with two attached hydrogens (primary N) is 1. The molecule has 19 heteroatoms. The first-order valence-corrected chi connectivity index (χ1v) is 24.3. The molecule has 2 bridgehead atoms. The number of nitrogens with one attached hydrogen (secondary N) is 1. The van der Waals surface area contributed by atoms with Gasteiger partial charge in [0.15, 0.2) is 12.1 Å². The van der Waals surface area contributed by atoms with Crippen LogP contribution in [-0.4, -0.2) is 178 Å². The minimum absolute atomic E-state index is 0.107. The van der Waals surface area contributed by atoms with Gasteiger partial charge in [-0.2, -0.15) is 0 Å².